The summed E-state index contributed by atoms with van der Waals surface area (Å²) in [5.41, 5.74) is 0. The predicted octanol–water partition coefficient (Wildman–Crippen LogP) is 1.68. The van der Waals surface area contributed by atoms with Gasteiger partial charge in [-0.05, 0) is 31.7 Å². The molecule has 0 saturated carbocycles. The first-order valence-corrected chi connectivity index (χ1v) is 6.24. The first kappa shape index (κ1) is 12.5. The molecule has 0 aromatic heterocycles. The molecule has 0 aliphatic carbocycles. The fraction of sp³-hybridized carbons (Fsp3) is 0.917. The van der Waals surface area contributed by atoms with E-state index in [9.17, 15) is 4.79 Å². The van der Waals surface area contributed by atoms with Gasteiger partial charge in [-0.1, -0.05) is 20.3 Å². The summed E-state index contributed by atoms with van der Waals surface area (Å²) in [6.45, 7) is 6.26. The lowest BCUT2D eigenvalue weighted by Crippen LogP contribution is -2.47. The number of hydrogen-bond donors (Lipinski definition) is 2. The van der Waals surface area contributed by atoms with Crippen LogP contribution in [-0.4, -0.2) is 25.0 Å². The number of nitrogens with one attached hydrogen (secondary N) is 2. The fourth-order valence-electron chi connectivity index (χ4n) is 2.04. The minimum atomic E-state index is 0.205. The summed E-state index contributed by atoms with van der Waals surface area (Å²) in [7, 11) is 0. The second kappa shape index (κ2) is 6.83. The van der Waals surface area contributed by atoms with Crippen molar-refractivity contribution in [1.82, 2.24) is 10.6 Å². The molecule has 0 spiro atoms. The first-order valence-electron chi connectivity index (χ1n) is 6.24. The van der Waals surface area contributed by atoms with E-state index in [1.54, 1.807) is 0 Å². The summed E-state index contributed by atoms with van der Waals surface area (Å²) < 4.78 is 0. The highest BCUT2D eigenvalue weighted by molar-refractivity contribution is 5.75. The van der Waals surface area contributed by atoms with Crippen molar-refractivity contribution in [1.29, 1.82) is 0 Å². The molecule has 3 nitrogen and oxygen atoms in total. The maximum atomic E-state index is 11.4. The molecule has 2 atom stereocenters. The Hall–Kier alpha value is -0.570. The number of unbranched alkanes of at least 4 members (excludes halogenated alkanes) is 1. The SMILES string of the molecule is CCCCC(=O)NCC1NCCCC1C. The van der Waals surface area contributed by atoms with Crippen molar-refractivity contribution < 1.29 is 4.79 Å². The molecule has 1 aliphatic heterocycles. The van der Waals surface area contributed by atoms with E-state index in [4.69, 9.17) is 0 Å². The summed E-state index contributed by atoms with van der Waals surface area (Å²) in [5.74, 6) is 0.890. The van der Waals surface area contributed by atoms with Crippen LogP contribution in [-0.2, 0) is 4.79 Å². The van der Waals surface area contributed by atoms with E-state index in [0.717, 1.165) is 25.9 Å². The van der Waals surface area contributed by atoms with E-state index in [1.807, 2.05) is 0 Å². The third kappa shape index (κ3) is 4.65. The lowest BCUT2D eigenvalue weighted by Gasteiger charge is -2.30. The number of piperidine rings is 1. The van der Waals surface area contributed by atoms with Crippen LogP contribution in [0, 0.1) is 5.92 Å². The van der Waals surface area contributed by atoms with Gasteiger partial charge in [-0.25, -0.2) is 0 Å². The Morgan fingerprint density at radius 3 is 3.00 bits per heavy atom. The molecular formula is C12H24N2O. The van der Waals surface area contributed by atoms with Crippen LogP contribution in [0.2, 0.25) is 0 Å². The van der Waals surface area contributed by atoms with Gasteiger partial charge in [-0.2, -0.15) is 0 Å². The molecule has 1 heterocycles. The molecule has 0 aromatic carbocycles. The number of amides is 1. The standard InChI is InChI=1S/C12H24N2O/c1-3-4-7-12(15)14-9-11-10(2)6-5-8-13-11/h10-11,13H,3-9H2,1-2H3,(H,14,15). The Kier molecular flexibility index (Phi) is 5.69. The summed E-state index contributed by atoms with van der Waals surface area (Å²) >= 11 is 0. The van der Waals surface area contributed by atoms with Crippen molar-refractivity contribution >= 4 is 5.91 Å². The fourth-order valence-corrected chi connectivity index (χ4v) is 2.04. The van der Waals surface area contributed by atoms with Crippen molar-refractivity contribution in [3.63, 3.8) is 0 Å². The van der Waals surface area contributed by atoms with Crippen LogP contribution in [0.4, 0.5) is 0 Å². The third-order valence-electron chi connectivity index (χ3n) is 3.21. The van der Waals surface area contributed by atoms with Gasteiger partial charge in [-0.15, -0.1) is 0 Å². The summed E-state index contributed by atoms with van der Waals surface area (Å²) in [5, 5.41) is 6.48. The van der Waals surface area contributed by atoms with E-state index in [-0.39, 0.29) is 5.91 Å². The monoisotopic (exact) mass is 212 g/mol. The molecule has 15 heavy (non-hydrogen) atoms. The summed E-state index contributed by atoms with van der Waals surface area (Å²) in [6, 6.07) is 0.476. The van der Waals surface area contributed by atoms with Crippen LogP contribution < -0.4 is 10.6 Å². The maximum absolute atomic E-state index is 11.4. The molecule has 1 aliphatic rings. The Bertz CT molecular complexity index is 194. The molecule has 1 rings (SSSR count). The van der Waals surface area contributed by atoms with Gasteiger partial charge in [0.15, 0.2) is 0 Å². The van der Waals surface area contributed by atoms with E-state index in [0.29, 0.717) is 18.4 Å². The first-order chi connectivity index (χ1) is 7.24. The average molecular weight is 212 g/mol. The Balaban J connectivity index is 2.14. The quantitative estimate of drug-likeness (QED) is 0.728. The molecule has 0 bridgehead atoms. The molecule has 2 N–H and O–H groups in total. The average Bonchev–Trinajstić information content (AvgIpc) is 2.25. The Morgan fingerprint density at radius 2 is 2.33 bits per heavy atom. The summed E-state index contributed by atoms with van der Waals surface area (Å²) in [4.78, 5) is 11.4. The minimum Gasteiger partial charge on any atom is -0.355 e. The zero-order valence-corrected chi connectivity index (χ0v) is 10.0. The highest BCUT2D eigenvalue weighted by Crippen LogP contribution is 2.14. The second-order valence-corrected chi connectivity index (χ2v) is 4.59. The van der Waals surface area contributed by atoms with Gasteiger partial charge >= 0.3 is 0 Å². The van der Waals surface area contributed by atoms with Crippen LogP contribution >= 0.6 is 0 Å². The second-order valence-electron chi connectivity index (χ2n) is 4.59. The van der Waals surface area contributed by atoms with Crippen molar-refractivity contribution in [2.75, 3.05) is 13.1 Å². The van der Waals surface area contributed by atoms with Gasteiger partial charge in [0.1, 0.15) is 0 Å². The molecule has 3 heteroatoms. The Labute approximate surface area is 93.0 Å². The molecular weight excluding hydrogens is 188 g/mol. The maximum Gasteiger partial charge on any atom is 0.220 e. The molecule has 1 saturated heterocycles. The zero-order valence-electron chi connectivity index (χ0n) is 10.0. The molecule has 1 amide bonds. The van der Waals surface area contributed by atoms with Crippen LogP contribution in [0.3, 0.4) is 0 Å². The third-order valence-corrected chi connectivity index (χ3v) is 3.21. The van der Waals surface area contributed by atoms with E-state index in [1.165, 1.54) is 12.8 Å². The van der Waals surface area contributed by atoms with Gasteiger partial charge in [0.25, 0.3) is 0 Å². The summed E-state index contributed by atoms with van der Waals surface area (Å²) in [6.07, 6.45) is 5.31. The van der Waals surface area contributed by atoms with Gasteiger partial charge in [0.2, 0.25) is 5.91 Å². The minimum absolute atomic E-state index is 0.205. The van der Waals surface area contributed by atoms with Crippen LogP contribution in [0.15, 0.2) is 0 Å². The molecule has 0 radical (unpaired) electrons. The van der Waals surface area contributed by atoms with Crippen molar-refractivity contribution in [2.45, 2.75) is 52.0 Å². The lowest BCUT2D eigenvalue weighted by molar-refractivity contribution is -0.121. The van der Waals surface area contributed by atoms with Crippen molar-refractivity contribution in [3.8, 4) is 0 Å². The zero-order chi connectivity index (χ0) is 11.1. The van der Waals surface area contributed by atoms with Gasteiger partial charge in [-0.3, -0.25) is 4.79 Å². The Morgan fingerprint density at radius 1 is 1.53 bits per heavy atom. The topological polar surface area (TPSA) is 41.1 Å². The van der Waals surface area contributed by atoms with E-state index in [2.05, 4.69) is 24.5 Å². The van der Waals surface area contributed by atoms with Crippen LogP contribution in [0.25, 0.3) is 0 Å². The predicted molar refractivity (Wildman–Crippen MR) is 62.7 cm³/mol. The highest BCUT2D eigenvalue weighted by Gasteiger charge is 2.20. The number of rotatable bonds is 5. The number of hydrogen-bond acceptors (Lipinski definition) is 2. The van der Waals surface area contributed by atoms with Crippen molar-refractivity contribution in [3.05, 3.63) is 0 Å². The smallest absolute Gasteiger partial charge is 0.220 e. The van der Waals surface area contributed by atoms with Crippen molar-refractivity contribution in [2.24, 2.45) is 5.92 Å². The van der Waals surface area contributed by atoms with Crippen LogP contribution in [0.1, 0.15) is 46.0 Å². The van der Waals surface area contributed by atoms with E-state index >= 15 is 0 Å². The van der Waals surface area contributed by atoms with Crippen LogP contribution in [0.5, 0.6) is 0 Å². The largest absolute Gasteiger partial charge is 0.355 e. The van der Waals surface area contributed by atoms with Gasteiger partial charge in [0, 0.05) is 19.0 Å². The highest BCUT2D eigenvalue weighted by atomic mass is 16.1. The molecule has 1 fully saturated rings. The van der Waals surface area contributed by atoms with Gasteiger partial charge < -0.3 is 10.6 Å². The van der Waals surface area contributed by atoms with E-state index < -0.39 is 0 Å². The normalized spacial score (nSPS) is 26.3. The number of carbonyl (C=O) groups excluding carboxylic acids is 1. The number of carbonyl (C=O) groups is 1. The lowest BCUT2D eigenvalue weighted by atomic mass is 9.93. The van der Waals surface area contributed by atoms with Gasteiger partial charge in [0.05, 0.1) is 0 Å². The molecule has 0 aromatic rings. The molecule has 2 unspecified atom stereocenters. The molecule has 88 valence electrons.